The van der Waals surface area contributed by atoms with Crippen LogP contribution >= 0.6 is 11.6 Å². The van der Waals surface area contributed by atoms with Gasteiger partial charge in [0, 0.05) is 7.11 Å². The molecule has 0 saturated heterocycles. The zero-order valence-corrected chi connectivity index (χ0v) is 9.48. The Morgan fingerprint density at radius 2 is 1.69 bits per heavy atom. The summed E-state index contributed by atoms with van der Waals surface area (Å²) in [5.41, 5.74) is 4.11. The normalized spacial score (nSPS) is 9.00. The van der Waals surface area contributed by atoms with Gasteiger partial charge in [-0.2, -0.15) is 0 Å². The van der Waals surface area contributed by atoms with Crippen LogP contribution in [0.5, 0.6) is 0 Å². The smallest absolute Gasteiger partial charge is 0.120 e. The van der Waals surface area contributed by atoms with E-state index in [4.69, 9.17) is 11.6 Å². The molecule has 0 unspecified atom stereocenters. The van der Waals surface area contributed by atoms with Gasteiger partial charge in [0.25, 0.3) is 0 Å². The summed E-state index contributed by atoms with van der Waals surface area (Å²) in [4.78, 5) is 0. The van der Waals surface area contributed by atoms with Crippen molar-refractivity contribution >= 4 is 11.6 Å². The summed E-state index contributed by atoms with van der Waals surface area (Å²) in [6.07, 6.45) is 0. The molecule has 0 aliphatic carbocycles. The summed E-state index contributed by atoms with van der Waals surface area (Å²) in [6.45, 7) is 6.39. The first kappa shape index (κ1) is 12.5. The Kier molecular flexibility index (Phi) is 6.65. The monoisotopic (exact) mass is 200 g/mol. The van der Waals surface area contributed by atoms with Crippen molar-refractivity contribution in [3.63, 3.8) is 0 Å². The lowest BCUT2D eigenvalue weighted by Crippen LogP contribution is -1.79. The zero-order chi connectivity index (χ0) is 10.3. The van der Waals surface area contributed by atoms with E-state index in [1.165, 1.54) is 16.7 Å². The summed E-state index contributed by atoms with van der Waals surface area (Å²) in [5.74, 6) is 0. The van der Waals surface area contributed by atoms with Crippen molar-refractivity contribution in [3.05, 3.63) is 34.9 Å². The van der Waals surface area contributed by atoms with Crippen molar-refractivity contribution in [3.8, 4) is 0 Å². The molecular weight excluding hydrogens is 184 g/mol. The molecule has 1 nitrogen and oxygen atoms in total. The summed E-state index contributed by atoms with van der Waals surface area (Å²) in [6, 6.07) is 6.79. The van der Waals surface area contributed by atoms with E-state index in [1.807, 2.05) is 0 Å². The summed E-state index contributed by atoms with van der Waals surface area (Å²) < 4.78 is 4.31. The minimum Gasteiger partial charge on any atom is -0.369 e. The van der Waals surface area contributed by atoms with Gasteiger partial charge in [0.05, 0.1) is 0 Å². The van der Waals surface area contributed by atoms with E-state index in [2.05, 4.69) is 43.7 Å². The first-order valence-corrected chi connectivity index (χ1v) is 4.74. The van der Waals surface area contributed by atoms with Gasteiger partial charge in [0.2, 0.25) is 0 Å². The lowest BCUT2D eigenvalue weighted by molar-refractivity contribution is 0.254. The summed E-state index contributed by atoms with van der Waals surface area (Å²) in [7, 11) is 1.55. The largest absolute Gasteiger partial charge is 0.369 e. The number of aryl methyl sites for hydroxylation is 3. The van der Waals surface area contributed by atoms with E-state index in [9.17, 15) is 0 Å². The predicted molar refractivity (Wildman–Crippen MR) is 58.4 cm³/mol. The van der Waals surface area contributed by atoms with Crippen molar-refractivity contribution in [1.82, 2.24) is 0 Å². The SMILES string of the molecule is COCCl.Cc1ccc(C)c(C)c1. The Balaban J connectivity index is 0.000000310. The Morgan fingerprint density at radius 1 is 1.15 bits per heavy atom. The van der Waals surface area contributed by atoms with Gasteiger partial charge in [-0.1, -0.05) is 35.4 Å². The van der Waals surface area contributed by atoms with Gasteiger partial charge in [0.1, 0.15) is 6.07 Å². The zero-order valence-electron chi connectivity index (χ0n) is 8.73. The molecule has 0 amide bonds. The molecule has 0 heterocycles. The van der Waals surface area contributed by atoms with E-state index in [0.717, 1.165) is 0 Å². The van der Waals surface area contributed by atoms with E-state index in [-0.39, 0.29) is 0 Å². The fraction of sp³-hybridized carbons (Fsp3) is 0.455. The van der Waals surface area contributed by atoms with Crippen LogP contribution in [-0.2, 0) is 4.74 Å². The molecule has 0 saturated carbocycles. The van der Waals surface area contributed by atoms with Crippen LogP contribution in [0.2, 0.25) is 0 Å². The van der Waals surface area contributed by atoms with Gasteiger partial charge in [-0.15, -0.1) is 0 Å². The third-order valence-electron chi connectivity index (χ3n) is 1.77. The molecule has 0 aromatic heterocycles. The molecule has 0 atom stereocenters. The van der Waals surface area contributed by atoms with Crippen LogP contribution in [0.1, 0.15) is 16.7 Å². The standard InChI is InChI=1S/C9H12.C2H5ClO/c1-7-4-5-8(2)9(3)6-7;1-4-2-3/h4-6H,1-3H3;2H2,1H3. The number of alkyl halides is 1. The Hall–Kier alpha value is -0.530. The van der Waals surface area contributed by atoms with Crippen molar-refractivity contribution < 1.29 is 4.74 Å². The second kappa shape index (κ2) is 6.93. The maximum absolute atomic E-state index is 4.96. The van der Waals surface area contributed by atoms with E-state index >= 15 is 0 Å². The predicted octanol–water partition coefficient (Wildman–Crippen LogP) is 3.44. The molecule has 0 bridgehead atoms. The van der Waals surface area contributed by atoms with E-state index in [0.29, 0.717) is 6.07 Å². The highest BCUT2D eigenvalue weighted by atomic mass is 35.5. The van der Waals surface area contributed by atoms with Gasteiger partial charge in [0.15, 0.2) is 0 Å². The number of methoxy groups -OCH3 is 1. The molecule has 0 radical (unpaired) electrons. The second-order valence-electron chi connectivity index (χ2n) is 2.99. The van der Waals surface area contributed by atoms with Crippen LogP contribution in [0.4, 0.5) is 0 Å². The van der Waals surface area contributed by atoms with E-state index < -0.39 is 0 Å². The number of halogens is 1. The fourth-order valence-electron chi connectivity index (χ4n) is 0.891. The molecule has 1 aromatic rings. The van der Waals surface area contributed by atoms with Crippen LogP contribution < -0.4 is 0 Å². The van der Waals surface area contributed by atoms with E-state index in [1.54, 1.807) is 7.11 Å². The van der Waals surface area contributed by atoms with Crippen molar-refractivity contribution in [2.24, 2.45) is 0 Å². The third kappa shape index (κ3) is 5.67. The average Bonchev–Trinajstić information content (AvgIpc) is 2.12. The van der Waals surface area contributed by atoms with Crippen LogP contribution in [0.15, 0.2) is 18.2 Å². The Labute approximate surface area is 85.7 Å². The lowest BCUT2D eigenvalue weighted by Gasteiger charge is -1.98. The van der Waals surface area contributed by atoms with Crippen molar-refractivity contribution in [2.75, 3.05) is 13.2 Å². The maximum atomic E-state index is 4.96. The number of hydrogen-bond acceptors (Lipinski definition) is 1. The van der Waals surface area contributed by atoms with Crippen molar-refractivity contribution in [2.45, 2.75) is 20.8 Å². The molecule has 13 heavy (non-hydrogen) atoms. The van der Waals surface area contributed by atoms with Gasteiger partial charge in [-0.3, -0.25) is 0 Å². The summed E-state index contributed by atoms with van der Waals surface area (Å²) in [5, 5.41) is 0. The Bertz CT molecular complexity index is 244. The molecule has 2 heteroatoms. The van der Waals surface area contributed by atoms with Gasteiger partial charge in [-0.25, -0.2) is 0 Å². The molecule has 0 fully saturated rings. The first-order valence-electron chi connectivity index (χ1n) is 4.20. The van der Waals surface area contributed by atoms with Crippen molar-refractivity contribution in [1.29, 1.82) is 0 Å². The number of rotatable bonds is 1. The van der Waals surface area contributed by atoms with Gasteiger partial charge in [-0.05, 0) is 31.9 Å². The number of ether oxygens (including phenoxy) is 1. The van der Waals surface area contributed by atoms with Gasteiger partial charge >= 0.3 is 0 Å². The van der Waals surface area contributed by atoms with Crippen LogP contribution in [-0.4, -0.2) is 13.2 Å². The highest BCUT2D eigenvalue weighted by Crippen LogP contribution is 2.07. The quantitative estimate of drug-likeness (QED) is 0.632. The first-order chi connectivity index (χ1) is 6.11. The highest BCUT2D eigenvalue weighted by molar-refractivity contribution is 6.17. The van der Waals surface area contributed by atoms with Crippen LogP contribution in [0, 0.1) is 20.8 Å². The minimum atomic E-state index is 0.292. The second-order valence-corrected chi connectivity index (χ2v) is 3.20. The third-order valence-corrected chi connectivity index (χ3v) is 1.99. The molecule has 0 aliphatic heterocycles. The highest BCUT2D eigenvalue weighted by Gasteiger charge is 1.89. The Morgan fingerprint density at radius 3 is 2.00 bits per heavy atom. The molecule has 0 spiro atoms. The molecular formula is C11H17ClO. The molecule has 0 aliphatic rings. The topological polar surface area (TPSA) is 9.23 Å². The lowest BCUT2D eigenvalue weighted by atomic mass is 10.1. The maximum Gasteiger partial charge on any atom is 0.120 e. The van der Waals surface area contributed by atoms with Gasteiger partial charge < -0.3 is 4.74 Å². The molecule has 1 rings (SSSR count). The average molecular weight is 201 g/mol. The minimum absolute atomic E-state index is 0.292. The number of benzene rings is 1. The molecule has 1 aromatic carbocycles. The van der Waals surface area contributed by atoms with Crippen LogP contribution in [0.25, 0.3) is 0 Å². The molecule has 74 valence electrons. The van der Waals surface area contributed by atoms with Crippen LogP contribution in [0.3, 0.4) is 0 Å². The molecule has 0 N–H and O–H groups in total. The summed E-state index contributed by atoms with van der Waals surface area (Å²) >= 11 is 4.96. The fourth-order valence-corrected chi connectivity index (χ4v) is 0.891. The number of hydrogen-bond donors (Lipinski definition) is 0.